The first-order valence-corrected chi connectivity index (χ1v) is 11.7. The lowest BCUT2D eigenvalue weighted by Crippen LogP contribution is -2.57. The molecule has 1 saturated carbocycles. The molecule has 1 aromatic heterocycles. The minimum atomic E-state index is -1.11. The van der Waals surface area contributed by atoms with Crippen molar-refractivity contribution in [3.05, 3.63) is 64.6 Å². The van der Waals surface area contributed by atoms with Gasteiger partial charge in [0.05, 0.1) is 28.8 Å². The predicted molar refractivity (Wildman–Crippen MR) is 126 cm³/mol. The fourth-order valence-corrected chi connectivity index (χ4v) is 5.54. The first kappa shape index (κ1) is 24.2. The largest absolute Gasteiger partial charge is 0.391 e. The third kappa shape index (κ3) is 3.89. The van der Waals surface area contributed by atoms with Crippen molar-refractivity contribution in [1.82, 2.24) is 20.0 Å². The maximum Gasteiger partial charge on any atom is 0.269 e. The van der Waals surface area contributed by atoms with Crippen LogP contribution >= 0.6 is 11.6 Å². The SMILES string of the molecule is NC(=O)c1nn(CC(=O)N2C(C(=O)NCc3cccc(Cl)c3F)[C@@H]3C[C@@H](O)[C@H]2[C@H]3O)c2ccccc12. The van der Waals surface area contributed by atoms with Crippen LogP contribution in [0.2, 0.25) is 5.02 Å². The summed E-state index contributed by atoms with van der Waals surface area (Å²) < 4.78 is 15.6. The van der Waals surface area contributed by atoms with Crippen LogP contribution in [0.1, 0.15) is 22.5 Å². The number of benzene rings is 2. The number of rotatable bonds is 6. The van der Waals surface area contributed by atoms with Gasteiger partial charge in [-0.05, 0) is 18.6 Å². The molecule has 5 rings (SSSR count). The lowest BCUT2D eigenvalue weighted by molar-refractivity contribution is -0.147. The van der Waals surface area contributed by atoms with E-state index in [0.29, 0.717) is 10.9 Å². The number of aliphatic hydroxyl groups is 2. The van der Waals surface area contributed by atoms with Gasteiger partial charge in [-0.25, -0.2) is 4.39 Å². The second-order valence-electron chi connectivity index (χ2n) is 9.01. The van der Waals surface area contributed by atoms with Crippen LogP contribution in [0.25, 0.3) is 10.9 Å². The summed E-state index contributed by atoms with van der Waals surface area (Å²) >= 11 is 5.81. The summed E-state index contributed by atoms with van der Waals surface area (Å²) in [5.41, 5.74) is 6.08. The van der Waals surface area contributed by atoms with Gasteiger partial charge in [-0.1, -0.05) is 41.9 Å². The average Bonchev–Trinajstić information content (AvgIpc) is 3.45. The molecule has 1 aliphatic carbocycles. The summed E-state index contributed by atoms with van der Waals surface area (Å²) in [5.74, 6) is -3.29. The Balaban J connectivity index is 1.41. The van der Waals surface area contributed by atoms with Crippen molar-refractivity contribution >= 4 is 40.2 Å². The van der Waals surface area contributed by atoms with Crippen molar-refractivity contribution in [1.29, 1.82) is 0 Å². The number of halogens is 2. The van der Waals surface area contributed by atoms with Gasteiger partial charge in [-0.3, -0.25) is 19.1 Å². The number of hydrogen-bond donors (Lipinski definition) is 4. The first-order valence-electron chi connectivity index (χ1n) is 11.3. The molecule has 2 aromatic carbocycles. The Labute approximate surface area is 209 Å². The number of nitrogens with zero attached hydrogens (tertiary/aromatic N) is 3. The average molecular weight is 516 g/mol. The number of nitrogens with two attached hydrogens (primary N) is 1. The molecule has 1 unspecified atom stereocenters. The normalized spacial score (nSPS) is 24.9. The third-order valence-electron chi connectivity index (χ3n) is 6.94. The van der Waals surface area contributed by atoms with Crippen molar-refractivity contribution < 1.29 is 29.0 Å². The zero-order valence-corrected chi connectivity index (χ0v) is 19.6. The molecule has 36 heavy (non-hydrogen) atoms. The molecule has 2 fully saturated rings. The predicted octanol–water partition coefficient (Wildman–Crippen LogP) is 0.565. The molecular formula is C24H23ClFN5O5. The van der Waals surface area contributed by atoms with E-state index in [1.807, 2.05) is 0 Å². The number of para-hydroxylation sites is 1. The number of carbonyl (C=O) groups excluding carboxylic acids is 3. The number of carbonyl (C=O) groups is 3. The lowest BCUT2D eigenvalue weighted by Gasteiger charge is -2.36. The molecule has 3 aromatic rings. The molecule has 5 atom stereocenters. The van der Waals surface area contributed by atoms with E-state index in [0.717, 1.165) is 0 Å². The van der Waals surface area contributed by atoms with E-state index in [9.17, 15) is 29.0 Å². The number of primary amides is 1. The van der Waals surface area contributed by atoms with Gasteiger partial charge in [0.15, 0.2) is 5.69 Å². The zero-order chi connectivity index (χ0) is 25.7. The quantitative estimate of drug-likeness (QED) is 0.377. The highest BCUT2D eigenvalue weighted by atomic mass is 35.5. The highest BCUT2D eigenvalue weighted by molar-refractivity contribution is 6.30. The lowest BCUT2D eigenvalue weighted by atomic mass is 9.95. The second-order valence-corrected chi connectivity index (χ2v) is 9.42. The molecule has 2 aliphatic rings. The number of likely N-dealkylation sites (tertiary alicyclic amines) is 1. The summed E-state index contributed by atoms with van der Waals surface area (Å²) in [5, 5.41) is 28.4. The Morgan fingerprint density at radius 3 is 2.67 bits per heavy atom. The van der Waals surface area contributed by atoms with Crippen LogP contribution in [-0.4, -0.2) is 66.9 Å². The van der Waals surface area contributed by atoms with Crippen LogP contribution in [0, 0.1) is 11.7 Å². The number of aliphatic hydroxyl groups excluding tert-OH is 2. The monoisotopic (exact) mass is 515 g/mol. The molecular weight excluding hydrogens is 493 g/mol. The molecule has 1 saturated heterocycles. The summed E-state index contributed by atoms with van der Waals surface area (Å²) in [6, 6.07) is 9.09. The van der Waals surface area contributed by atoms with Crippen LogP contribution in [0.3, 0.4) is 0 Å². The minimum absolute atomic E-state index is 0.000691. The van der Waals surface area contributed by atoms with Crippen LogP contribution in [-0.2, 0) is 22.7 Å². The van der Waals surface area contributed by atoms with Crippen molar-refractivity contribution in [3.8, 4) is 0 Å². The number of piperidine rings is 1. The highest BCUT2D eigenvalue weighted by Crippen LogP contribution is 2.43. The van der Waals surface area contributed by atoms with Crippen molar-refractivity contribution in [3.63, 3.8) is 0 Å². The van der Waals surface area contributed by atoms with Gasteiger partial charge in [-0.2, -0.15) is 5.10 Å². The van der Waals surface area contributed by atoms with Gasteiger partial charge in [0.2, 0.25) is 11.8 Å². The van der Waals surface area contributed by atoms with E-state index in [1.165, 1.54) is 21.7 Å². The zero-order valence-electron chi connectivity index (χ0n) is 18.8. The third-order valence-corrected chi connectivity index (χ3v) is 7.23. The summed E-state index contributed by atoms with van der Waals surface area (Å²) in [7, 11) is 0. The second kappa shape index (κ2) is 9.16. The van der Waals surface area contributed by atoms with E-state index >= 15 is 0 Å². The smallest absolute Gasteiger partial charge is 0.269 e. The standard InChI is InChI=1S/C24H23ClFN5O5/c25-14-6-3-4-11(18(14)26)9-28-24(36)20-13-8-16(32)21(22(13)34)31(20)17(33)10-30-15-7-2-1-5-12(15)19(29-30)23(27)35/h1-7,13,16,20-22,32,34H,8-10H2,(H2,27,35)(H,28,36)/t13-,16+,20?,21-,22-/m0/s1. The van der Waals surface area contributed by atoms with Crippen LogP contribution in [0.15, 0.2) is 42.5 Å². The minimum Gasteiger partial charge on any atom is -0.391 e. The molecule has 12 heteroatoms. The maximum absolute atomic E-state index is 14.3. The van der Waals surface area contributed by atoms with E-state index in [2.05, 4.69) is 10.4 Å². The molecule has 188 valence electrons. The fraction of sp³-hybridized carbons (Fsp3) is 0.333. The Bertz CT molecular complexity index is 1380. The van der Waals surface area contributed by atoms with Crippen molar-refractivity contribution in [2.24, 2.45) is 11.7 Å². The Morgan fingerprint density at radius 2 is 1.92 bits per heavy atom. The van der Waals surface area contributed by atoms with E-state index in [1.54, 1.807) is 30.3 Å². The van der Waals surface area contributed by atoms with E-state index in [4.69, 9.17) is 17.3 Å². The molecule has 1 aliphatic heterocycles. The van der Waals surface area contributed by atoms with Gasteiger partial charge in [0, 0.05) is 23.4 Å². The molecule has 2 bridgehead atoms. The van der Waals surface area contributed by atoms with E-state index < -0.39 is 53.7 Å². The van der Waals surface area contributed by atoms with Gasteiger partial charge in [0.1, 0.15) is 18.4 Å². The number of aromatic nitrogens is 2. The number of nitrogens with one attached hydrogen (secondary N) is 1. The molecule has 10 nitrogen and oxygen atoms in total. The molecule has 0 spiro atoms. The van der Waals surface area contributed by atoms with E-state index in [-0.39, 0.29) is 35.8 Å². The van der Waals surface area contributed by atoms with Gasteiger partial charge in [0.25, 0.3) is 5.91 Å². The molecule has 0 radical (unpaired) electrons. The first-order chi connectivity index (χ1) is 17.2. The van der Waals surface area contributed by atoms with Crippen molar-refractivity contribution in [2.75, 3.05) is 0 Å². The summed E-state index contributed by atoms with van der Waals surface area (Å²) in [4.78, 5) is 39.7. The fourth-order valence-electron chi connectivity index (χ4n) is 5.35. The summed E-state index contributed by atoms with van der Waals surface area (Å²) in [6.45, 7) is -0.533. The highest BCUT2D eigenvalue weighted by Gasteiger charge is 2.61. The van der Waals surface area contributed by atoms with Gasteiger partial charge < -0.3 is 26.2 Å². The Hall–Kier alpha value is -3.54. The number of amides is 3. The molecule has 3 amide bonds. The Morgan fingerprint density at radius 1 is 1.17 bits per heavy atom. The van der Waals surface area contributed by atoms with Crippen LogP contribution < -0.4 is 11.1 Å². The van der Waals surface area contributed by atoms with Gasteiger partial charge in [-0.15, -0.1) is 0 Å². The maximum atomic E-state index is 14.3. The van der Waals surface area contributed by atoms with Crippen LogP contribution in [0.5, 0.6) is 0 Å². The molecule has 2 heterocycles. The molecule has 5 N–H and O–H groups in total. The topological polar surface area (TPSA) is 151 Å². The van der Waals surface area contributed by atoms with Crippen molar-refractivity contribution in [2.45, 2.75) is 43.8 Å². The Kier molecular flexibility index (Phi) is 6.15. The number of fused-ring (bicyclic) bond motifs is 3. The van der Waals surface area contributed by atoms with Crippen LogP contribution in [0.4, 0.5) is 4.39 Å². The van der Waals surface area contributed by atoms with Gasteiger partial charge >= 0.3 is 0 Å². The summed E-state index contributed by atoms with van der Waals surface area (Å²) in [6.07, 6.45) is -1.99. The number of hydrogen-bond acceptors (Lipinski definition) is 6.